The van der Waals surface area contributed by atoms with Crippen LogP contribution >= 0.6 is 0 Å². The van der Waals surface area contributed by atoms with Crippen molar-refractivity contribution >= 4 is 5.91 Å². The Kier molecular flexibility index (Phi) is 3.48. The molecule has 1 amide bonds. The topological polar surface area (TPSA) is 33.5 Å². The Balaban J connectivity index is 1.94. The molecule has 3 atom stereocenters. The molecule has 2 aliphatic carbocycles. The molecule has 0 aromatic rings. The van der Waals surface area contributed by atoms with Crippen LogP contribution in [0.5, 0.6) is 0 Å². The molecule has 2 rings (SSSR count). The van der Waals surface area contributed by atoms with Crippen molar-refractivity contribution in [2.24, 2.45) is 16.7 Å². The van der Waals surface area contributed by atoms with Crippen LogP contribution in [0, 0.1) is 16.7 Å². The molecule has 3 heteroatoms. The normalized spacial score (nSPS) is 37.2. The summed E-state index contributed by atoms with van der Waals surface area (Å²) in [5.41, 5.74) is 0.691. The van der Waals surface area contributed by atoms with Crippen LogP contribution < -0.4 is 10.2 Å². The minimum absolute atomic E-state index is 0.241. The third-order valence-electron chi connectivity index (χ3n) is 5.98. The lowest BCUT2D eigenvalue weighted by Crippen LogP contribution is -3.05. The fourth-order valence-electron chi connectivity index (χ4n) is 4.05. The first kappa shape index (κ1) is 13.9. The van der Waals surface area contributed by atoms with Gasteiger partial charge in [-0.2, -0.15) is 0 Å². The lowest BCUT2D eigenvalue weighted by molar-refractivity contribution is -0.857. The second kappa shape index (κ2) is 4.52. The molecule has 0 radical (unpaired) electrons. The van der Waals surface area contributed by atoms with E-state index in [1.54, 1.807) is 0 Å². The molecule has 2 aliphatic rings. The van der Waals surface area contributed by atoms with Crippen molar-refractivity contribution in [3.05, 3.63) is 0 Å². The molecule has 2 N–H and O–H groups in total. The molecular weight excluding hydrogens is 224 g/mol. The largest absolute Gasteiger partial charge is 0.353 e. The maximum absolute atomic E-state index is 12.0. The number of quaternary nitrogens is 1. The SMILES string of the molecule is C[NH+](C)CCC(=O)N[C@H]1C[C@@H]2CC[C@]1(C)C2(C)C. The van der Waals surface area contributed by atoms with Gasteiger partial charge in [-0.3, -0.25) is 4.79 Å². The summed E-state index contributed by atoms with van der Waals surface area (Å²) < 4.78 is 0. The van der Waals surface area contributed by atoms with Crippen LogP contribution in [0.2, 0.25) is 0 Å². The predicted molar refractivity (Wildman–Crippen MR) is 73.5 cm³/mol. The zero-order valence-corrected chi connectivity index (χ0v) is 12.6. The number of carbonyl (C=O) groups excluding carboxylic acids is 1. The van der Waals surface area contributed by atoms with Crippen LogP contribution in [0.15, 0.2) is 0 Å². The first-order valence-corrected chi connectivity index (χ1v) is 7.36. The highest BCUT2D eigenvalue weighted by atomic mass is 16.1. The van der Waals surface area contributed by atoms with Crippen LogP contribution in [0.3, 0.4) is 0 Å². The van der Waals surface area contributed by atoms with E-state index < -0.39 is 0 Å². The number of hydrogen-bond donors (Lipinski definition) is 2. The fourth-order valence-corrected chi connectivity index (χ4v) is 4.05. The quantitative estimate of drug-likeness (QED) is 0.765. The Morgan fingerprint density at radius 3 is 2.44 bits per heavy atom. The summed E-state index contributed by atoms with van der Waals surface area (Å²) in [7, 11) is 4.18. The number of nitrogens with one attached hydrogen (secondary N) is 2. The summed E-state index contributed by atoms with van der Waals surface area (Å²) in [6.45, 7) is 8.08. The molecular formula is C15H29N2O+. The van der Waals surface area contributed by atoms with E-state index in [0.717, 1.165) is 12.5 Å². The maximum Gasteiger partial charge on any atom is 0.225 e. The van der Waals surface area contributed by atoms with Gasteiger partial charge >= 0.3 is 0 Å². The number of hydrogen-bond acceptors (Lipinski definition) is 1. The molecule has 3 nitrogen and oxygen atoms in total. The van der Waals surface area contributed by atoms with E-state index in [4.69, 9.17) is 0 Å². The average molecular weight is 253 g/mol. The van der Waals surface area contributed by atoms with Crippen LogP contribution in [0.1, 0.15) is 46.5 Å². The van der Waals surface area contributed by atoms with Crippen LogP contribution in [-0.2, 0) is 4.79 Å². The molecule has 0 spiro atoms. The molecule has 18 heavy (non-hydrogen) atoms. The van der Waals surface area contributed by atoms with Gasteiger partial charge in [-0.05, 0) is 36.0 Å². The van der Waals surface area contributed by atoms with E-state index in [0.29, 0.717) is 23.3 Å². The zero-order chi connectivity index (χ0) is 13.6. The molecule has 0 saturated heterocycles. The van der Waals surface area contributed by atoms with E-state index in [-0.39, 0.29) is 5.91 Å². The third kappa shape index (κ3) is 2.07. The maximum atomic E-state index is 12.0. The summed E-state index contributed by atoms with van der Waals surface area (Å²) in [6.07, 6.45) is 4.45. The van der Waals surface area contributed by atoms with Crippen LogP contribution in [0.25, 0.3) is 0 Å². The minimum Gasteiger partial charge on any atom is -0.353 e. The average Bonchev–Trinajstić information content (AvgIpc) is 2.59. The molecule has 0 heterocycles. The Bertz CT molecular complexity index is 337. The standard InChI is InChI=1S/C15H28N2O/c1-14(2)11-6-8-15(14,3)12(10-11)16-13(18)7-9-17(4)5/h11-12H,6-10H2,1-5H3,(H,16,18)/p+1/t11-,12-,15-/m0/s1. The molecule has 2 saturated carbocycles. The molecule has 0 aromatic heterocycles. The highest BCUT2D eigenvalue weighted by Crippen LogP contribution is 2.65. The summed E-state index contributed by atoms with van der Waals surface area (Å²) in [5.74, 6) is 1.04. The van der Waals surface area contributed by atoms with Gasteiger partial charge in [-0.1, -0.05) is 20.8 Å². The lowest BCUT2D eigenvalue weighted by atomic mass is 9.69. The van der Waals surface area contributed by atoms with Gasteiger partial charge in [0.1, 0.15) is 0 Å². The van der Waals surface area contributed by atoms with Gasteiger partial charge in [0.05, 0.1) is 27.1 Å². The highest BCUT2D eigenvalue weighted by Gasteiger charge is 2.61. The summed E-state index contributed by atoms with van der Waals surface area (Å²) in [4.78, 5) is 13.3. The number of carbonyl (C=O) groups is 1. The van der Waals surface area contributed by atoms with Crippen molar-refractivity contribution < 1.29 is 9.69 Å². The highest BCUT2D eigenvalue weighted by molar-refractivity contribution is 5.76. The Morgan fingerprint density at radius 2 is 2.00 bits per heavy atom. The lowest BCUT2D eigenvalue weighted by Gasteiger charge is -2.39. The molecule has 0 aliphatic heterocycles. The van der Waals surface area contributed by atoms with Gasteiger partial charge < -0.3 is 10.2 Å². The van der Waals surface area contributed by atoms with Gasteiger partial charge in [0.25, 0.3) is 0 Å². The summed E-state index contributed by atoms with van der Waals surface area (Å²) >= 11 is 0. The first-order chi connectivity index (χ1) is 8.27. The monoisotopic (exact) mass is 253 g/mol. The zero-order valence-electron chi connectivity index (χ0n) is 12.6. The van der Waals surface area contributed by atoms with Gasteiger partial charge in [0, 0.05) is 6.04 Å². The van der Waals surface area contributed by atoms with Crippen molar-refractivity contribution in [2.75, 3.05) is 20.6 Å². The second-order valence-corrected chi connectivity index (χ2v) is 7.44. The van der Waals surface area contributed by atoms with Gasteiger partial charge in [-0.25, -0.2) is 0 Å². The second-order valence-electron chi connectivity index (χ2n) is 7.44. The smallest absolute Gasteiger partial charge is 0.225 e. The van der Waals surface area contributed by atoms with E-state index in [9.17, 15) is 4.79 Å². The van der Waals surface area contributed by atoms with Gasteiger partial charge in [0.2, 0.25) is 5.91 Å². The number of fused-ring (bicyclic) bond motifs is 2. The molecule has 2 bridgehead atoms. The summed E-state index contributed by atoms with van der Waals surface area (Å²) in [5, 5.41) is 3.31. The van der Waals surface area contributed by atoms with E-state index >= 15 is 0 Å². The van der Waals surface area contributed by atoms with Gasteiger partial charge in [0.15, 0.2) is 0 Å². The molecule has 0 unspecified atom stereocenters. The third-order valence-corrected chi connectivity index (χ3v) is 5.98. The van der Waals surface area contributed by atoms with Gasteiger partial charge in [-0.15, -0.1) is 0 Å². The number of rotatable bonds is 4. The Morgan fingerprint density at radius 1 is 1.33 bits per heavy atom. The molecule has 2 fully saturated rings. The van der Waals surface area contributed by atoms with Crippen molar-refractivity contribution in [1.29, 1.82) is 0 Å². The minimum atomic E-state index is 0.241. The van der Waals surface area contributed by atoms with Crippen LogP contribution in [-0.4, -0.2) is 32.6 Å². The van der Waals surface area contributed by atoms with E-state index in [2.05, 4.69) is 40.2 Å². The number of amides is 1. The van der Waals surface area contributed by atoms with Crippen molar-refractivity contribution in [2.45, 2.75) is 52.5 Å². The van der Waals surface area contributed by atoms with E-state index in [1.807, 2.05) is 0 Å². The van der Waals surface area contributed by atoms with Crippen LogP contribution in [0.4, 0.5) is 0 Å². The fraction of sp³-hybridized carbons (Fsp3) is 0.933. The molecule has 104 valence electrons. The Hall–Kier alpha value is -0.570. The Labute approximate surface area is 111 Å². The van der Waals surface area contributed by atoms with Crippen molar-refractivity contribution in [3.63, 3.8) is 0 Å². The van der Waals surface area contributed by atoms with Crippen molar-refractivity contribution in [3.8, 4) is 0 Å². The molecule has 0 aromatic carbocycles. The predicted octanol–water partition coefficient (Wildman–Crippen LogP) is 0.852. The van der Waals surface area contributed by atoms with E-state index in [1.165, 1.54) is 24.2 Å². The summed E-state index contributed by atoms with van der Waals surface area (Å²) in [6, 6.07) is 0.399. The first-order valence-electron chi connectivity index (χ1n) is 7.36. The van der Waals surface area contributed by atoms with Crippen molar-refractivity contribution in [1.82, 2.24) is 5.32 Å².